The molecule has 0 aliphatic heterocycles. The monoisotopic (exact) mass is 236 g/mol. The second kappa shape index (κ2) is 5.93. The van der Waals surface area contributed by atoms with E-state index in [1.165, 1.54) is 24.2 Å². The number of rotatable bonds is 4. The highest BCUT2D eigenvalue weighted by molar-refractivity contribution is 7.99. The topological polar surface area (TPSA) is 25.8 Å². The third kappa shape index (κ3) is 4.02. The predicted molar refractivity (Wildman–Crippen MR) is 52.7 cm³/mol. The first-order valence-electron chi connectivity index (χ1n) is 3.80. The van der Waals surface area contributed by atoms with Crippen LogP contribution >= 0.6 is 23.4 Å². The van der Waals surface area contributed by atoms with Crippen LogP contribution in [-0.4, -0.2) is 15.7 Å². The summed E-state index contributed by atoms with van der Waals surface area (Å²) >= 11 is 7.01. The average molecular weight is 237 g/mol. The molecule has 0 radical (unpaired) electrons. The highest BCUT2D eigenvalue weighted by atomic mass is 35.5. The number of aromatic nitrogens is 2. The summed E-state index contributed by atoms with van der Waals surface area (Å²) in [6.45, 7) is 0. The number of nitrogens with zero attached hydrogens (tertiary/aromatic N) is 2. The molecule has 0 aromatic carbocycles. The molecule has 0 bridgehead atoms. The van der Waals surface area contributed by atoms with Gasteiger partial charge in [0.2, 0.25) is 0 Å². The smallest absolute Gasteiger partial charge is 0.245 e. The molecule has 0 unspecified atom stereocenters. The fourth-order valence-corrected chi connectivity index (χ4v) is 1.73. The SMILES string of the molecule is FC(F)=CCCSc1nccnc1Cl. The zero-order chi connectivity index (χ0) is 10.4. The molecular formula is C8H7ClF2N2S. The molecule has 0 atom stereocenters. The third-order valence-corrected chi connectivity index (χ3v) is 2.68. The fourth-order valence-electron chi connectivity index (χ4n) is 0.729. The Bertz CT molecular complexity index is 329. The van der Waals surface area contributed by atoms with E-state index in [1.807, 2.05) is 0 Å². The van der Waals surface area contributed by atoms with Crippen molar-refractivity contribution < 1.29 is 8.78 Å². The molecule has 1 aromatic rings. The normalized spacial score (nSPS) is 9.93. The minimum Gasteiger partial charge on any atom is -0.245 e. The maximum Gasteiger partial charge on any atom is 0.266 e. The Morgan fingerprint density at radius 3 is 2.79 bits per heavy atom. The fraction of sp³-hybridized carbons (Fsp3) is 0.250. The minimum absolute atomic E-state index is 0.292. The summed E-state index contributed by atoms with van der Waals surface area (Å²) in [5.41, 5.74) is 0. The van der Waals surface area contributed by atoms with Crippen LogP contribution in [0.25, 0.3) is 0 Å². The maximum atomic E-state index is 11.6. The van der Waals surface area contributed by atoms with Gasteiger partial charge in [-0.1, -0.05) is 11.6 Å². The van der Waals surface area contributed by atoms with Crippen LogP contribution < -0.4 is 0 Å². The van der Waals surface area contributed by atoms with Crippen molar-refractivity contribution in [2.75, 3.05) is 5.75 Å². The first-order valence-corrected chi connectivity index (χ1v) is 5.17. The van der Waals surface area contributed by atoms with Crippen molar-refractivity contribution in [2.45, 2.75) is 11.4 Å². The van der Waals surface area contributed by atoms with E-state index in [0.717, 1.165) is 6.08 Å². The molecule has 1 aromatic heterocycles. The molecule has 0 aliphatic rings. The number of allylic oxidation sites excluding steroid dienone is 1. The molecular weight excluding hydrogens is 230 g/mol. The minimum atomic E-state index is -1.66. The van der Waals surface area contributed by atoms with Crippen molar-refractivity contribution in [3.05, 3.63) is 29.7 Å². The molecule has 14 heavy (non-hydrogen) atoms. The van der Waals surface area contributed by atoms with Gasteiger partial charge in [-0.05, 0) is 12.5 Å². The molecule has 0 aliphatic carbocycles. The van der Waals surface area contributed by atoms with E-state index in [2.05, 4.69) is 9.97 Å². The van der Waals surface area contributed by atoms with Gasteiger partial charge in [0.25, 0.3) is 6.08 Å². The lowest BCUT2D eigenvalue weighted by atomic mass is 10.5. The Balaban J connectivity index is 2.39. The lowest BCUT2D eigenvalue weighted by Gasteiger charge is -1.98. The molecule has 0 saturated heterocycles. The van der Waals surface area contributed by atoms with Crippen molar-refractivity contribution in [3.63, 3.8) is 0 Å². The van der Waals surface area contributed by atoms with E-state index in [4.69, 9.17) is 11.6 Å². The Labute approximate surface area is 89.4 Å². The maximum absolute atomic E-state index is 11.6. The van der Waals surface area contributed by atoms with E-state index >= 15 is 0 Å². The Kier molecular flexibility index (Phi) is 4.82. The van der Waals surface area contributed by atoms with Gasteiger partial charge in [0.05, 0.1) is 0 Å². The molecule has 0 N–H and O–H groups in total. The summed E-state index contributed by atoms with van der Waals surface area (Å²) < 4.78 is 23.3. The van der Waals surface area contributed by atoms with Gasteiger partial charge < -0.3 is 0 Å². The van der Waals surface area contributed by atoms with Crippen molar-refractivity contribution in [2.24, 2.45) is 0 Å². The molecule has 1 heterocycles. The summed E-state index contributed by atoms with van der Waals surface area (Å²) in [6, 6.07) is 0. The van der Waals surface area contributed by atoms with E-state index in [0.29, 0.717) is 22.4 Å². The van der Waals surface area contributed by atoms with E-state index < -0.39 is 6.08 Å². The summed E-state index contributed by atoms with van der Waals surface area (Å²) in [7, 11) is 0. The molecule has 0 amide bonds. The van der Waals surface area contributed by atoms with Crippen LogP contribution in [0.1, 0.15) is 6.42 Å². The van der Waals surface area contributed by atoms with E-state index in [1.54, 1.807) is 0 Å². The number of hydrogen-bond donors (Lipinski definition) is 0. The van der Waals surface area contributed by atoms with Crippen LogP contribution in [-0.2, 0) is 0 Å². The van der Waals surface area contributed by atoms with Crippen molar-refractivity contribution >= 4 is 23.4 Å². The summed E-state index contributed by atoms with van der Waals surface area (Å²) in [6.07, 6.45) is 2.50. The van der Waals surface area contributed by atoms with E-state index in [-0.39, 0.29) is 0 Å². The van der Waals surface area contributed by atoms with Gasteiger partial charge in [0.1, 0.15) is 5.03 Å². The zero-order valence-corrected chi connectivity index (χ0v) is 8.66. The van der Waals surface area contributed by atoms with Crippen molar-refractivity contribution in [1.82, 2.24) is 9.97 Å². The Morgan fingerprint density at radius 2 is 2.14 bits per heavy atom. The van der Waals surface area contributed by atoms with Crippen LogP contribution in [0, 0.1) is 0 Å². The standard InChI is InChI=1S/C8H7ClF2N2S/c9-7-8(13-4-3-12-7)14-5-1-2-6(10)11/h2-4H,1,5H2. The first-order chi connectivity index (χ1) is 6.70. The van der Waals surface area contributed by atoms with Gasteiger partial charge in [-0.2, -0.15) is 8.78 Å². The van der Waals surface area contributed by atoms with Gasteiger partial charge in [0.15, 0.2) is 5.15 Å². The highest BCUT2D eigenvalue weighted by Gasteiger charge is 2.01. The van der Waals surface area contributed by atoms with Crippen LogP contribution in [0.2, 0.25) is 5.15 Å². The summed E-state index contributed by atoms with van der Waals surface area (Å²) in [5, 5.41) is 0.879. The van der Waals surface area contributed by atoms with Crippen LogP contribution in [0.15, 0.2) is 29.6 Å². The second-order valence-corrected chi connectivity index (χ2v) is 3.72. The summed E-state index contributed by atoms with van der Waals surface area (Å²) in [5.74, 6) is 0.510. The van der Waals surface area contributed by atoms with Crippen LogP contribution in [0.4, 0.5) is 8.78 Å². The molecule has 0 spiro atoms. The molecule has 2 nitrogen and oxygen atoms in total. The molecule has 0 saturated carbocycles. The number of halogens is 3. The van der Waals surface area contributed by atoms with Crippen LogP contribution in [0.3, 0.4) is 0 Å². The highest BCUT2D eigenvalue weighted by Crippen LogP contribution is 2.22. The third-order valence-electron chi connectivity index (χ3n) is 1.28. The average Bonchev–Trinajstić information content (AvgIpc) is 2.15. The van der Waals surface area contributed by atoms with Gasteiger partial charge >= 0.3 is 0 Å². The number of hydrogen-bond acceptors (Lipinski definition) is 3. The molecule has 6 heteroatoms. The molecule has 0 fully saturated rings. The summed E-state index contributed by atoms with van der Waals surface area (Å²) in [4.78, 5) is 7.77. The predicted octanol–water partition coefficient (Wildman–Crippen LogP) is 3.39. The lowest BCUT2D eigenvalue weighted by Crippen LogP contribution is -1.85. The zero-order valence-electron chi connectivity index (χ0n) is 7.08. The first kappa shape index (κ1) is 11.4. The largest absolute Gasteiger partial charge is 0.266 e. The van der Waals surface area contributed by atoms with Crippen LogP contribution in [0.5, 0.6) is 0 Å². The Hall–Kier alpha value is -0.680. The quantitative estimate of drug-likeness (QED) is 0.592. The second-order valence-electron chi connectivity index (χ2n) is 2.28. The Morgan fingerprint density at radius 1 is 1.43 bits per heavy atom. The van der Waals surface area contributed by atoms with Gasteiger partial charge in [-0.15, -0.1) is 11.8 Å². The number of thioether (sulfide) groups is 1. The lowest BCUT2D eigenvalue weighted by molar-refractivity contribution is 0.418. The van der Waals surface area contributed by atoms with E-state index in [9.17, 15) is 8.78 Å². The van der Waals surface area contributed by atoms with Crippen molar-refractivity contribution in [3.8, 4) is 0 Å². The van der Waals surface area contributed by atoms with Gasteiger partial charge in [-0.25, -0.2) is 9.97 Å². The molecule has 1 rings (SSSR count). The molecule has 76 valence electrons. The van der Waals surface area contributed by atoms with Crippen molar-refractivity contribution in [1.29, 1.82) is 0 Å². The van der Waals surface area contributed by atoms with Gasteiger partial charge in [0, 0.05) is 18.1 Å². The van der Waals surface area contributed by atoms with Gasteiger partial charge in [-0.3, -0.25) is 0 Å².